The molecule has 1 amide bonds. The molecule has 2 bridgehead atoms. The van der Waals surface area contributed by atoms with Gasteiger partial charge in [-0.15, -0.1) is 0 Å². The van der Waals surface area contributed by atoms with Crippen LogP contribution in [0.1, 0.15) is 47.3 Å². The number of aryl methyl sites for hydroxylation is 2. The monoisotopic (exact) mass is 403 g/mol. The number of fused-ring (bicyclic) bond motifs is 4. The van der Waals surface area contributed by atoms with Gasteiger partial charge >= 0.3 is 0 Å². The van der Waals surface area contributed by atoms with Crippen molar-refractivity contribution in [2.75, 3.05) is 4.90 Å². The molecule has 2 saturated heterocycles. The molecule has 3 aliphatic heterocycles. The van der Waals surface area contributed by atoms with Crippen LogP contribution in [0.15, 0.2) is 30.5 Å². The van der Waals surface area contributed by atoms with Gasteiger partial charge in [0.1, 0.15) is 17.7 Å². The van der Waals surface area contributed by atoms with Gasteiger partial charge in [0.05, 0.1) is 29.5 Å². The van der Waals surface area contributed by atoms with Crippen LogP contribution in [0.4, 0.5) is 5.82 Å². The molecule has 2 fully saturated rings. The lowest BCUT2D eigenvalue weighted by Gasteiger charge is -2.40. The Morgan fingerprint density at radius 2 is 1.97 bits per heavy atom. The number of nitrogens with one attached hydrogen (secondary N) is 1. The van der Waals surface area contributed by atoms with Crippen LogP contribution in [0.2, 0.25) is 0 Å². The van der Waals surface area contributed by atoms with Gasteiger partial charge in [-0.3, -0.25) is 9.48 Å². The van der Waals surface area contributed by atoms with Crippen molar-refractivity contribution >= 4 is 22.6 Å². The minimum absolute atomic E-state index is 0.00665. The molecule has 0 radical (unpaired) electrons. The highest BCUT2D eigenvalue weighted by atomic mass is 16.5. The van der Waals surface area contributed by atoms with Gasteiger partial charge in [0.2, 0.25) is 0 Å². The highest BCUT2D eigenvalue weighted by molar-refractivity contribution is 5.98. The van der Waals surface area contributed by atoms with E-state index >= 15 is 0 Å². The van der Waals surface area contributed by atoms with E-state index in [1.165, 1.54) is 12.8 Å². The van der Waals surface area contributed by atoms with Gasteiger partial charge in [-0.25, -0.2) is 4.98 Å². The van der Waals surface area contributed by atoms with Crippen molar-refractivity contribution < 1.29 is 9.53 Å². The summed E-state index contributed by atoms with van der Waals surface area (Å²) in [5.74, 6) is 1.96. The maximum absolute atomic E-state index is 12.0. The second-order valence-corrected chi connectivity index (χ2v) is 8.80. The number of hydrogen-bond donors (Lipinski definition) is 1. The van der Waals surface area contributed by atoms with Crippen molar-refractivity contribution in [1.82, 2.24) is 20.1 Å². The number of carbonyl (C=O) groups excluding carboxylic acids is 1. The van der Waals surface area contributed by atoms with Crippen LogP contribution < -0.4 is 15.0 Å². The molecule has 7 heteroatoms. The summed E-state index contributed by atoms with van der Waals surface area (Å²) >= 11 is 0. The molecule has 154 valence electrons. The number of piperidine rings is 1. The molecule has 2 aromatic heterocycles. The zero-order valence-corrected chi connectivity index (χ0v) is 17.3. The summed E-state index contributed by atoms with van der Waals surface area (Å²) in [4.78, 5) is 19.4. The first-order valence-electron chi connectivity index (χ1n) is 10.7. The SMILES string of the molecule is Cc1cc2c(nc1N1[C@@H]3CC[C@H]1C[C@@H](Oc1ccc4c(cnn4C)c1)C3)CNC2=O. The van der Waals surface area contributed by atoms with Crippen LogP contribution in [0.3, 0.4) is 0 Å². The molecule has 30 heavy (non-hydrogen) atoms. The molecule has 0 saturated carbocycles. The van der Waals surface area contributed by atoms with E-state index < -0.39 is 0 Å². The molecule has 3 aromatic rings. The van der Waals surface area contributed by atoms with Gasteiger partial charge in [-0.2, -0.15) is 5.10 Å². The third-order valence-corrected chi connectivity index (χ3v) is 6.88. The van der Waals surface area contributed by atoms with E-state index in [4.69, 9.17) is 9.72 Å². The largest absolute Gasteiger partial charge is 0.490 e. The second kappa shape index (κ2) is 6.45. The van der Waals surface area contributed by atoms with Crippen LogP contribution >= 0.6 is 0 Å². The summed E-state index contributed by atoms with van der Waals surface area (Å²) in [5, 5.41) is 8.31. The Kier molecular flexibility index (Phi) is 3.82. The number of ether oxygens (including phenoxy) is 1. The molecule has 0 aliphatic carbocycles. The van der Waals surface area contributed by atoms with Crippen molar-refractivity contribution in [3.63, 3.8) is 0 Å². The van der Waals surface area contributed by atoms with Crippen LogP contribution in [0.25, 0.3) is 10.9 Å². The van der Waals surface area contributed by atoms with Gasteiger partial charge in [-0.1, -0.05) is 0 Å². The fourth-order valence-corrected chi connectivity index (χ4v) is 5.47. The number of rotatable bonds is 3. The van der Waals surface area contributed by atoms with E-state index in [9.17, 15) is 4.79 Å². The smallest absolute Gasteiger partial charge is 0.253 e. The van der Waals surface area contributed by atoms with Gasteiger partial charge in [0.25, 0.3) is 5.91 Å². The van der Waals surface area contributed by atoms with Gasteiger partial charge in [-0.05, 0) is 49.6 Å². The number of carbonyl (C=O) groups is 1. The highest BCUT2D eigenvalue weighted by Gasteiger charge is 2.43. The molecule has 5 heterocycles. The van der Waals surface area contributed by atoms with E-state index in [1.54, 1.807) is 0 Å². The zero-order valence-electron chi connectivity index (χ0n) is 17.3. The zero-order chi connectivity index (χ0) is 20.4. The Morgan fingerprint density at radius 1 is 1.17 bits per heavy atom. The Morgan fingerprint density at radius 3 is 2.77 bits per heavy atom. The van der Waals surface area contributed by atoms with E-state index in [2.05, 4.69) is 40.4 Å². The second-order valence-electron chi connectivity index (χ2n) is 8.80. The summed E-state index contributed by atoms with van der Waals surface area (Å²) in [6.07, 6.45) is 6.43. The van der Waals surface area contributed by atoms with Crippen molar-refractivity contribution in [3.05, 3.63) is 47.3 Å². The van der Waals surface area contributed by atoms with E-state index in [1.807, 2.05) is 24.0 Å². The Bertz CT molecular complexity index is 1160. The first-order chi connectivity index (χ1) is 14.6. The lowest BCUT2D eigenvalue weighted by Crippen LogP contribution is -2.47. The van der Waals surface area contributed by atoms with Crippen LogP contribution in [0, 0.1) is 6.92 Å². The van der Waals surface area contributed by atoms with Crippen molar-refractivity contribution in [2.45, 2.75) is 57.3 Å². The molecule has 0 spiro atoms. The number of nitrogens with zero attached hydrogens (tertiary/aromatic N) is 4. The number of hydrogen-bond acceptors (Lipinski definition) is 5. The average molecular weight is 403 g/mol. The van der Waals surface area contributed by atoms with Gasteiger partial charge < -0.3 is 15.0 Å². The number of amides is 1. The quantitative estimate of drug-likeness (QED) is 0.728. The minimum Gasteiger partial charge on any atom is -0.490 e. The normalized spacial score (nSPS) is 24.9. The van der Waals surface area contributed by atoms with Crippen molar-refractivity contribution in [3.8, 4) is 5.75 Å². The van der Waals surface area contributed by atoms with Crippen LogP contribution in [0.5, 0.6) is 5.75 Å². The summed E-state index contributed by atoms with van der Waals surface area (Å²) in [5.41, 5.74) is 3.81. The fraction of sp³-hybridized carbons (Fsp3) is 0.435. The average Bonchev–Trinajstić information content (AvgIpc) is 3.36. The number of aromatic nitrogens is 3. The summed E-state index contributed by atoms with van der Waals surface area (Å²) in [7, 11) is 1.96. The molecular weight excluding hydrogens is 378 g/mol. The number of anilines is 1. The molecule has 1 aromatic carbocycles. The molecule has 1 N–H and O–H groups in total. The third-order valence-electron chi connectivity index (χ3n) is 6.88. The molecule has 3 atom stereocenters. The van der Waals surface area contributed by atoms with Crippen molar-refractivity contribution in [1.29, 1.82) is 0 Å². The van der Waals surface area contributed by atoms with E-state index in [0.29, 0.717) is 18.6 Å². The Balaban J connectivity index is 1.23. The van der Waals surface area contributed by atoms with Gasteiger partial charge in [0, 0.05) is 37.4 Å². The predicted molar refractivity (Wildman–Crippen MR) is 114 cm³/mol. The van der Waals surface area contributed by atoms with Crippen molar-refractivity contribution in [2.24, 2.45) is 7.05 Å². The summed E-state index contributed by atoms with van der Waals surface area (Å²) < 4.78 is 8.30. The first kappa shape index (κ1) is 17.7. The molecule has 0 unspecified atom stereocenters. The minimum atomic E-state index is -0.00665. The Hall–Kier alpha value is -3.09. The fourth-order valence-electron chi connectivity index (χ4n) is 5.47. The maximum atomic E-state index is 12.0. The standard InChI is InChI=1S/C23H25N5O2/c1-13-7-19-20(12-24-23(19)29)26-22(13)28-15-3-4-16(28)10-18(9-15)30-17-5-6-21-14(8-17)11-25-27(21)2/h5-8,11,15-16,18H,3-4,9-10,12H2,1-2H3,(H,24,29)/t15-,16+,18+. The molecule has 3 aliphatic rings. The molecule has 6 rings (SSSR count). The van der Waals surface area contributed by atoms with E-state index in [-0.39, 0.29) is 12.0 Å². The topological polar surface area (TPSA) is 72.3 Å². The predicted octanol–water partition coefficient (Wildman–Crippen LogP) is 3.10. The third kappa shape index (κ3) is 2.68. The van der Waals surface area contributed by atoms with E-state index in [0.717, 1.165) is 52.1 Å². The summed E-state index contributed by atoms with van der Waals surface area (Å²) in [6, 6.07) is 9.09. The summed E-state index contributed by atoms with van der Waals surface area (Å²) in [6.45, 7) is 2.60. The number of pyridine rings is 1. The number of benzene rings is 1. The highest BCUT2D eigenvalue weighted by Crippen LogP contribution is 2.41. The van der Waals surface area contributed by atoms with Crippen LogP contribution in [-0.4, -0.2) is 38.9 Å². The lowest BCUT2D eigenvalue weighted by molar-refractivity contribution is 0.0965. The first-order valence-corrected chi connectivity index (χ1v) is 10.7. The van der Waals surface area contributed by atoms with Gasteiger partial charge in [0.15, 0.2) is 0 Å². The lowest BCUT2D eigenvalue weighted by atomic mass is 9.98. The molecular formula is C23H25N5O2. The Labute approximate surface area is 175 Å². The molecule has 7 nitrogen and oxygen atoms in total. The maximum Gasteiger partial charge on any atom is 0.253 e. The van der Waals surface area contributed by atoms with Crippen LogP contribution in [-0.2, 0) is 13.6 Å².